The largest absolute Gasteiger partial charge is 0.543 e. The lowest BCUT2D eigenvalue weighted by molar-refractivity contribution is -0.687. The lowest BCUT2D eigenvalue weighted by Crippen LogP contribution is -2.71. The van der Waals surface area contributed by atoms with Gasteiger partial charge in [-0.1, -0.05) is 5.16 Å². The first-order valence-electron chi connectivity index (χ1n) is 11.0. The van der Waals surface area contributed by atoms with E-state index in [1.165, 1.54) is 23.8 Å². The number of aliphatic carboxylic acids is 1. The Morgan fingerprint density at radius 3 is 2.86 bits per heavy atom. The van der Waals surface area contributed by atoms with Crippen molar-refractivity contribution >= 4 is 62.8 Å². The zero-order chi connectivity index (χ0) is 26.4. The molecule has 5 rings (SSSR count). The van der Waals surface area contributed by atoms with Gasteiger partial charge in [-0.3, -0.25) is 14.5 Å². The number of nitrogens with one attached hydrogen (secondary N) is 1. The van der Waals surface area contributed by atoms with Gasteiger partial charge in [-0.2, -0.15) is 4.57 Å². The summed E-state index contributed by atoms with van der Waals surface area (Å²) < 4.78 is 3.79. The highest BCUT2D eigenvalue weighted by molar-refractivity contribution is 8.00. The molecule has 2 aliphatic heterocycles. The van der Waals surface area contributed by atoms with Crippen LogP contribution in [0.25, 0.3) is 11.0 Å². The predicted molar refractivity (Wildman–Crippen MR) is 133 cm³/mol. The van der Waals surface area contributed by atoms with Crippen molar-refractivity contribution in [3.63, 3.8) is 0 Å². The molecule has 0 saturated carbocycles. The number of thioether (sulfide) groups is 1. The van der Waals surface area contributed by atoms with Gasteiger partial charge in [0, 0.05) is 29.8 Å². The first kappa shape index (κ1) is 24.7. The summed E-state index contributed by atoms with van der Waals surface area (Å²) in [7, 11) is 3.20. The van der Waals surface area contributed by atoms with E-state index in [0.29, 0.717) is 11.3 Å². The van der Waals surface area contributed by atoms with Crippen molar-refractivity contribution in [1.29, 1.82) is 0 Å². The van der Waals surface area contributed by atoms with Crippen LogP contribution in [-0.4, -0.2) is 67.2 Å². The predicted octanol–water partition coefficient (Wildman–Crippen LogP) is -1.34. The highest BCUT2D eigenvalue weighted by Gasteiger charge is 2.53. The van der Waals surface area contributed by atoms with Crippen molar-refractivity contribution in [2.75, 3.05) is 18.6 Å². The number of anilines is 1. The van der Waals surface area contributed by atoms with Gasteiger partial charge in [0.05, 0.1) is 17.2 Å². The van der Waals surface area contributed by atoms with Crippen LogP contribution in [0.4, 0.5) is 5.13 Å². The Morgan fingerprint density at radius 1 is 1.41 bits per heavy atom. The molecule has 0 spiro atoms. The van der Waals surface area contributed by atoms with Crippen molar-refractivity contribution in [3.8, 4) is 0 Å². The molecule has 2 aliphatic rings. The number of carbonyl (C=O) groups is 3. The zero-order valence-corrected chi connectivity index (χ0v) is 21.6. The van der Waals surface area contributed by atoms with E-state index in [4.69, 9.17) is 10.6 Å². The van der Waals surface area contributed by atoms with Crippen LogP contribution < -0.4 is 20.7 Å². The van der Waals surface area contributed by atoms with E-state index in [-0.39, 0.29) is 28.8 Å². The van der Waals surface area contributed by atoms with Crippen LogP contribution in [0.1, 0.15) is 11.5 Å². The van der Waals surface area contributed by atoms with Gasteiger partial charge in [-0.05, 0) is 6.92 Å². The van der Waals surface area contributed by atoms with E-state index >= 15 is 0 Å². The van der Waals surface area contributed by atoms with Crippen LogP contribution in [0.3, 0.4) is 0 Å². The summed E-state index contributed by atoms with van der Waals surface area (Å²) in [5.74, 6) is -1.51. The molecule has 2 atom stereocenters. The zero-order valence-electron chi connectivity index (χ0n) is 20.0. The molecular formula is C22H22N8O5S2. The second-order valence-corrected chi connectivity index (χ2v) is 10.4. The van der Waals surface area contributed by atoms with Gasteiger partial charge in [0.1, 0.15) is 30.0 Å². The number of β-lactam (4-membered cyclic amide) rings is 1. The fourth-order valence-corrected chi connectivity index (χ4v) is 6.21. The first-order chi connectivity index (χ1) is 17.7. The number of rotatable bonds is 7. The molecule has 1 fully saturated rings. The summed E-state index contributed by atoms with van der Waals surface area (Å²) in [5, 5.41) is 19.6. The number of carbonyl (C=O) groups excluding carboxylic acids is 3. The number of oxime groups is 1. The Morgan fingerprint density at radius 2 is 2.19 bits per heavy atom. The van der Waals surface area contributed by atoms with Gasteiger partial charge in [-0.15, -0.1) is 23.1 Å². The van der Waals surface area contributed by atoms with Gasteiger partial charge in [0.2, 0.25) is 0 Å². The number of nitrogens with two attached hydrogens (primary N) is 1. The third-order valence-corrected chi connectivity index (χ3v) is 8.18. The van der Waals surface area contributed by atoms with Crippen LogP contribution in [0.5, 0.6) is 0 Å². The molecule has 15 heteroatoms. The van der Waals surface area contributed by atoms with E-state index in [1.807, 2.05) is 41.6 Å². The maximum Gasteiger partial charge on any atom is 0.276 e. The maximum absolute atomic E-state index is 13.0. The van der Waals surface area contributed by atoms with E-state index in [9.17, 15) is 19.5 Å². The Bertz CT molecular complexity index is 1510. The molecule has 1 saturated heterocycles. The number of imidazole rings is 1. The van der Waals surface area contributed by atoms with Crippen molar-refractivity contribution in [2.24, 2.45) is 12.2 Å². The minimum atomic E-state index is -1.45. The number of carboxylic acids is 1. The highest BCUT2D eigenvalue weighted by Crippen LogP contribution is 2.40. The number of hydrogen-bond acceptors (Lipinski definition) is 11. The normalized spacial score (nSPS) is 19.6. The third kappa shape index (κ3) is 4.29. The number of aryl methyl sites for hydroxylation is 2. The molecule has 0 unspecified atom stereocenters. The lowest BCUT2D eigenvalue weighted by Gasteiger charge is -2.50. The summed E-state index contributed by atoms with van der Waals surface area (Å²) in [6, 6.07) is 0.954. The summed E-state index contributed by atoms with van der Waals surface area (Å²) >= 11 is 2.48. The molecule has 0 aromatic carbocycles. The molecular weight excluding hydrogens is 520 g/mol. The minimum Gasteiger partial charge on any atom is -0.543 e. The molecule has 0 bridgehead atoms. The number of nitrogens with zero attached hydrogens (tertiary/aromatic N) is 6. The van der Waals surface area contributed by atoms with Crippen molar-refractivity contribution < 1.29 is 28.9 Å². The molecule has 192 valence electrons. The summed E-state index contributed by atoms with van der Waals surface area (Å²) in [4.78, 5) is 52.5. The van der Waals surface area contributed by atoms with Gasteiger partial charge in [0.15, 0.2) is 35.3 Å². The second-order valence-electron chi connectivity index (χ2n) is 8.40. The molecule has 0 radical (unpaired) electrons. The van der Waals surface area contributed by atoms with E-state index < -0.39 is 29.2 Å². The van der Waals surface area contributed by atoms with Crippen LogP contribution in [0, 0.1) is 6.92 Å². The Kier molecular flexibility index (Phi) is 6.33. The van der Waals surface area contributed by atoms with Gasteiger partial charge in [-0.25, -0.2) is 9.97 Å². The van der Waals surface area contributed by atoms with Crippen molar-refractivity contribution in [2.45, 2.75) is 24.9 Å². The van der Waals surface area contributed by atoms with Crippen LogP contribution in [-0.2, 0) is 32.8 Å². The maximum atomic E-state index is 13.0. The smallest absolute Gasteiger partial charge is 0.276 e. The Balaban J connectivity index is 1.36. The summed E-state index contributed by atoms with van der Waals surface area (Å²) in [6.07, 6.45) is 3.67. The SMILES string of the molecule is CO/N=C(\C(=O)N[C@@H]1C(=O)N2C(C(=O)[O-])=C(C[n+]3ccc4c(c3)nc(C)n4C)CS[C@H]12)c1csc(N)n1. The highest BCUT2D eigenvalue weighted by atomic mass is 32.2. The number of hydrogen-bond donors (Lipinski definition) is 2. The average Bonchev–Trinajstić information content (AvgIpc) is 3.42. The molecule has 2 amide bonds. The summed E-state index contributed by atoms with van der Waals surface area (Å²) in [6.45, 7) is 2.14. The number of thiazole rings is 1. The van der Waals surface area contributed by atoms with Crippen LogP contribution in [0.2, 0.25) is 0 Å². The fourth-order valence-electron chi connectivity index (χ4n) is 4.33. The van der Waals surface area contributed by atoms with E-state index in [0.717, 1.165) is 28.2 Å². The number of fused-ring (bicyclic) bond motifs is 2. The van der Waals surface area contributed by atoms with Crippen LogP contribution >= 0.6 is 23.1 Å². The number of aromatic nitrogens is 4. The molecule has 37 heavy (non-hydrogen) atoms. The molecule has 13 nitrogen and oxygen atoms in total. The minimum absolute atomic E-state index is 0.143. The number of amides is 2. The van der Waals surface area contributed by atoms with Crippen molar-refractivity contribution in [1.82, 2.24) is 24.8 Å². The quantitative estimate of drug-likeness (QED) is 0.159. The molecule has 0 aliphatic carbocycles. The average molecular weight is 543 g/mol. The monoisotopic (exact) mass is 542 g/mol. The second kappa shape index (κ2) is 9.48. The van der Waals surface area contributed by atoms with E-state index in [1.54, 1.807) is 5.38 Å². The van der Waals surface area contributed by atoms with Gasteiger partial charge in [0.25, 0.3) is 11.8 Å². The molecule has 3 aromatic heterocycles. The Labute approximate surface area is 218 Å². The lowest BCUT2D eigenvalue weighted by atomic mass is 10.0. The topological polar surface area (TPSA) is 172 Å². The van der Waals surface area contributed by atoms with E-state index in [2.05, 4.69) is 20.4 Å². The number of pyridine rings is 1. The third-order valence-electron chi connectivity index (χ3n) is 6.17. The molecule has 5 heterocycles. The summed E-state index contributed by atoms with van der Waals surface area (Å²) in [5.41, 5.74) is 7.79. The molecule has 3 N–H and O–H groups in total. The number of carboxylic acid groups (broad SMARTS) is 1. The standard InChI is InChI=1S/C22H22N8O5S2/c1-10-24-12-7-29(5-4-14(12)28(10)2)6-11-8-36-20-16(19(32)30(20)17(11)21(33)34)26-18(31)15(27-35-3)13-9-37-22(23)25-13/h4-5,7,9,16,20H,6,8H2,1-3H3,(H3-,23,25,26,31,33,34)/b27-15-/t16-,20-/m1/s1. The molecule has 3 aromatic rings. The van der Waals surface area contributed by atoms with Crippen LogP contribution in [0.15, 0.2) is 40.3 Å². The van der Waals surface area contributed by atoms with Crippen molar-refractivity contribution in [3.05, 3.63) is 46.6 Å². The fraction of sp³-hybridized carbons (Fsp3) is 0.318. The number of nitrogen functional groups attached to an aromatic ring is 1. The van der Waals surface area contributed by atoms with Gasteiger partial charge < -0.3 is 30.4 Å². The van der Waals surface area contributed by atoms with Gasteiger partial charge >= 0.3 is 0 Å². The first-order valence-corrected chi connectivity index (χ1v) is 13.0. The Hall–Kier alpha value is -3.98.